The Labute approximate surface area is 98.0 Å². The Balaban J connectivity index is 3.23. The van der Waals surface area contributed by atoms with Crippen LogP contribution in [0.1, 0.15) is 22.8 Å². The number of rotatable bonds is 2. The molecule has 0 aromatic heterocycles. The molecule has 0 spiro atoms. The highest BCUT2D eigenvalue weighted by Gasteiger charge is 2.14. The zero-order valence-electron chi connectivity index (χ0n) is 7.95. The monoisotopic (exact) mass is 241 g/mol. The van der Waals surface area contributed by atoms with Crippen LogP contribution in [-0.2, 0) is 4.74 Å². The largest absolute Gasteiger partial charge is 0.462 e. The van der Waals surface area contributed by atoms with Gasteiger partial charge in [-0.25, -0.2) is 4.79 Å². The van der Waals surface area contributed by atoms with Crippen molar-refractivity contribution in [3.8, 4) is 6.07 Å². The fourth-order valence-corrected chi connectivity index (χ4v) is 1.39. The van der Waals surface area contributed by atoms with Crippen molar-refractivity contribution < 1.29 is 9.53 Å². The van der Waals surface area contributed by atoms with Gasteiger partial charge in [0.05, 0.1) is 22.8 Å². The quantitative estimate of drug-likeness (QED) is 0.640. The minimum Gasteiger partial charge on any atom is -0.462 e. The third-order valence-corrected chi connectivity index (χ3v) is 2.52. The molecule has 3 nitrogen and oxygen atoms in total. The van der Waals surface area contributed by atoms with Crippen molar-refractivity contribution in [1.29, 1.82) is 5.26 Å². The molecule has 0 heterocycles. The third kappa shape index (κ3) is 2.65. The summed E-state index contributed by atoms with van der Waals surface area (Å²) in [6.07, 6.45) is 0. The topological polar surface area (TPSA) is 50.1 Å². The fourth-order valence-electron chi connectivity index (χ4n) is 1.03. The third-order valence-electron chi connectivity index (χ3n) is 1.70. The van der Waals surface area contributed by atoms with Crippen LogP contribution in [0.5, 0.6) is 0 Å². The van der Waals surface area contributed by atoms with Crippen LogP contribution in [0.4, 0.5) is 0 Å². The van der Waals surface area contributed by atoms with Gasteiger partial charge in [-0.05, 0) is 19.1 Å². The van der Waals surface area contributed by atoms with Crippen molar-refractivity contribution in [1.82, 2.24) is 0 Å². The molecule has 5 heteroatoms. The van der Waals surface area contributed by atoms with Crippen molar-refractivity contribution in [2.45, 2.75) is 11.8 Å². The van der Waals surface area contributed by atoms with Gasteiger partial charge in [0.25, 0.3) is 0 Å². The Kier molecular flexibility index (Phi) is 4.01. The van der Waals surface area contributed by atoms with Crippen molar-refractivity contribution in [3.05, 3.63) is 28.3 Å². The lowest BCUT2D eigenvalue weighted by molar-refractivity contribution is 0.0526. The van der Waals surface area contributed by atoms with Gasteiger partial charge in [0.2, 0.25) is 0 Å². The molecule has 0 saturated carbocycles. The van der Waals surface area contributed by atoms with Crippen molar-refractivity contribution >= 4 is 30.2 Å². The van der Waals surface area contributed by atoms with Gasteiger partial charge < -0.3 is 4.74 Å². The first-order chi connectivity index (χ1) is 7.10. The lowest BCUT2D eigenvalue weighted by Gasteiger charge is -2.05. The van der Waals surface area contributed by atoms with Gasteiger partial charge in [-0.1, -0.05) is 11.6 Å². The molecular formula is C10H8ClNO2S. The zero-order valence-corrected chi connectivity index (χ0v) is 9.60. The molecule has 0 saturated heterocycles. The molecule has 0 unspecified atom stereocenters. The van der Waals surface area contributed by atoms with E-state index in [-0.39, 0.29) is 17.7 Å². The van der Waals surface area contributed by atoms with Gasteiger partial charge >= 0.3 is 5.97 Å². The molecule has 0 radical (unpaired) electrons. The van der Waals surface area contributed by atoms with Crippen LogP contribution >= 0.6 is 24.2 Å². The minimum absolute atomic E-state index is 0.169. The van der Waals surface area contributed by atoms with Crippen LogP contribution in [0.2, 0.25) is 5.02 Å². The number of esters is 1. The highest BCUT2D eigenvalue weighted by molar-refractivity contribution is 7.80. The number of hydrogen-bond acceptors (Lipinski definition) is 4. The van der Waals surface area contributed by atoms with Gasteiger partial charge in [0, 0.05) is 4.90 Å². The molecule has 78 valence electrons. The Morgan fingerprint density at radius 1 is 1.67 bits per heavy atom. The van der Waals surface area contributed by atoms with E-state index < -0.39 is 5.97 Å². The molecule has 0 aliphatic carbocycles. The highest BCUT2D eigenvalue weighted by atomic mass is 35.5. The van der Waals surface area contributed by atoms with E-state index in [0.29, 0.717) is 9.92 Å². The summed E-state index contributed by atoms with van der Waals surface area (Å²) in [7, 11) is 0. The molecule has 1 rings (SSSR count). The van der Waals surface area contributed by atoms with E-state index in [2.05, 4.69) is 12.6 Å². The molecule has 0 aliphatic heterocycles. The number of nitrogens with zero attached hydrogens (tertiary/aromatic N) is 1. The number of halogens is 1. The van der Waals surface area contributed by atoms with Crippen LogP contribution < -0.4 is 0 Å². The minimum atomic E-state index is -0.552. The number of ether oxygens (including phenoxy) is 1. The second-order valence-electron chi connectivity index (χ2n) is 2.68. The molecule has 1 aromatic rings. The van der Waals surface area contributed by atoms with Crippen LogP contribution in [-0.4, -0.2) is 12.6 Å². The van der Waals surface area contributed by atoms with E-state index in [0.717, 1.165) is 0 Å². The summed E-state index contributed by atoms with van der Waals surface area (Å²) in [5, 5.41) is 9.14. The van der Waals surface area contributed by atoms with E-state index in [4.69, 9.17) is 21.6 Å². The molecule has 1 aromatic carbocycles. The predicted molar refractivity (Wildman–Crippen MR) is 59.4 cm³/mol. The van der Waals surface area contributed by atoms with Crippen LogP contribution in [0.3, 0.4) is 0 Å². The van der Waals surface area contributed by atoms with E-state index in [1.54, 1.807) is 6.92 Å². The van der Waals surface area contributed by atoms with E-state index >= 15 is 0 Å². The normalized spacial score (nSPS) is 9.47. The zero-order chi connectivity index (χ0) is 11.4. The average Bonchev–Trinajstić information content (AvgIpc) is 2.21. The molecule has 15 heavy (non-hydrogen) atoms. The first-order valence-electron chi connectivity index (χ1n) is 4.19. The lowest BCUT2D eigenvalue weighted by atomic mass is 10.1. The van der Waals surface area contributed by atoms with Crippen LogP contribution in [0.25, 0.3) is 0 Å². The summed E-state index contributed by atoms with van der Waals surface area (Å²) in [6.45, 7) is 1.95. The van der Waals surface area contributed by atoms with E-state index in [1.807, 2.05) is 6.07 Å². The fraction of sp³-hybridized carbons (Fsp3) is 0.200. The van der Waals surface area contributed by atoms with Gasteiger partial charge in [0.15, 0.2) is 0 Å². The van der Waals surface area contributed by atoms with Gasteiger partial charge in [-0.2, -0.15) is 5.26 Å². The molecule has 0 N–H and O–H groups in total. The average molecular weight is 242 g/mol. The molecular weight excluding hydrogens is 234 g/mol. The maximum Gasteiger partial charge on any atom is 0.339 e. The van der Waals surface area contributed by atoms with Crippen molar-refractivity contribution in [2.75, 3.05) is 6.61 Å². The number of hydrogen-bond donors (Lipinski definition) is 1. The molecule has 0 bridgehead atoms. The number of nitriles is 1. The van der Waals surface area contributed by atoms with Crippen molar-refractivity contribution in [2.24, 2.45) is 0 Å². The molecule has 0 amide bonds. The molecule has 0 atom stereocenters. The summed E-state index contributed by atoms with van der Waals surface area (Å²) in [5.41, 5.74) is 0.380. The smallest absolute Gasteiger partial charge is 0.339 e. The second kappa shape index (κ2) is 5.06. The number of carbonyl (C=O) groups excluding carboxylic acids is 1. The Morgan fingerprint density at radius 2 is 2.33 bits per heavy atom. The predicted octanol–water partition coefficient (Wildman–Crippen LogP) is 2.68. The Hall–Kier alpha value is -1.18. The first kappa shape index (κ1) is 11.9. The summed E-state index contributed by atoms with van der Waals surface area (Å²) in [4.78, 5) is 11.9. The second-order valence-corrected chi connectivity index (χ2v) is 3.57. The van der Waals surface area contributed by atoms with Crippen LogP contribution in [0.15, 0.2) is 17.0 Å². The molecule has 0 fully saturated rings. The highest BCUT2D eigenvalue weighted by Crippen LogP contribution is 2.24. The van der Waals surface area contributed by atoms with Crippen LogP contribution in [0, 0.1) is 11.3 Å². The summed E-state index contributed by atoms with van der Waals surface area (Å²) < 4.78 is 4.79. The summed E-state index contributed by atoms with van der Waals surface area (Å²) in [6, 6.07) is 4.73. The van der Waals surface area contributed by atoms with Crippen molar-refractivity contribution in [3.63, 3.8) is 0 Å². The number of thiol groups is 1. The van der Waals surface area contributed by atoms with E-state index in [1.165, 1.54) is 12.1 Å². The maximum atomic E-state index is 11.4. The lowest BCUT2D eigenvalue weighted by Crippen LogP contribution is -2.07. The first-order valence-corrected chi connectivity index (χ1v) is 5.02. The number of carbonyl (C=O) groups is 1. The van der Waals surface area contributed by atoms with Gasteiger partial charge in [-0.3, -0.25) is 0 Å². The summed E-state index contributed by atoms with van der Waals surface area (Å²) >= 11 is 9.85. The van der Waals surface area contributed by atoms with Gasteiger partial charge in [0.1, 0.15) is 6.07 Å². The SMILES string of the molecule is CCOC(=O)c1cc(Cl)c(S)cc1C#N. The Morgan fingerprint density at radius 3 is 2.87 bits per heavy atom. The van der Waals surface area contributed by atoms with Gasteiger partial charge in [-0.15, -0.1) is 12.6 Å². The standard InChI is InChI=1S/C10H8ClNO2S/c1-2-14-10(13)7-4-8(11)9(15)3-6(7)5-12/h3-4,15H,2H2,1H3. The molecule has 0 aliphatic rings. The Bertz CT molecular complexity index is 440. The maximum absolute atomic E-state index is 11.4. The number of benzene rings is 1. The summed E-state index contributed by atoms with van der Waals surface area (Å²) in [5.74, 6) is -0.552. The van der Waals surface area contributed by atoms with E-state index in [9.17, 15) is 4.79 Å².